The van der Waals surface area contributed by atoms with Crippen LogP contribution in [0.3, 0.4) is 0 Å². The lowest BCUT2D eigenvalue weighted by molar-refractivity contribution is 0.0709. The number of rotatable bonds is 4. The number of alkyl halides is 1. The minimum absolute atomic E-state index is 0.279. The van der Waals surface area contributed by atoms with Gasteiger partial charge in [0.15, 0.2) is 0 Å². The maximum Gasteiger partial charge on any atom is 0.235 e. The molecule has 0 radical (unpaired) electrons. The van der Waals surface area contributed by atoms with Crippen molar-refractivity contribution in [1.82, 2.24) is 0 Å². The fourth-order valence-electron chi connectivity index (χ4n) is 0.702. The Kier molecular flexibility index (Phi) is 3.73. The van der Waals surface area contributed by atoms with Crippen LogP contribution in [0.25, 0.3) is 0 Å². The number of ether oxygens (including phenoxy) is 1. The summed E-state index contributed by atoms with van der Waals surface area (Å²) < 4.78 is 38.2. The molecule has 6 heteroatoms. The van der Waals surface area contributed by atoms with Gasteiger partial charge in [-0.3, -0.25) is 0 Å². The highest BCUT2D eigenvalue weighted by atomic mass is 35.7. The Balaban J connectivity index is 4.13. The summed E-state index contributed by atoms with van der Waals surface area (Å²) in [5.74, 6) is -0.727. The molecule has 0 aromatic rings. The molecule has 0 aromatic heterocycles. The van der Waals surface area contributed by atoms with Crippen LogP contribution in [-0.2, 0) is 13.8 Å². The van der Waals surface area contributed by atoms with Crippen LogP contribution in [0.15, 0.2) is 0 Å². The maximum absolute atomic E-state index is 13.0. The minimum atomic E-state index is -3.79. The predicted octanol–water partition coefficient (Wildman–Crippen LogP) is 0.930. The van der Waals surface area contributed by atoms with Gasteiger partial charge in [-0.25, -0.2) is 12.8 Å². The van der Waals surface area contributed by atoms with Crippen LogP contribution < -0.4 is 0 Å². The monoisotopic (exact) mass is 204 g/mol. The minimum Gasteiger partial charge on any atom is -0.381 e. The highest BCUT2D eigenvalue weighted by molar-refractivity contribution is 8.13. The van der Waals surface area contributed by atoms with Gasteiger partial charge >= 0.3 is 0 Å². The third-order valence-electron chi connectivity index (χ3n) is 0.919. The molecule has 0 amide bonds. The van der Waals surface area contributed by atoms with Gasteiger partial charge in [-0.2, -0.15) is 0 Å². The lowest BCUT2D eigenvalue weighted by atomic mass is 10.2. The number of methoxy groups -OCH3 is 1. The molecule has 0 saturated carbocycles. The zero-order valence-corrected chi connectivity index (χ0v) is 7.88. The summed E-state index contributed by atoms with van der Waals surface area (Å²) in [6.07, 6.45) is 0. The lowest BCUT2D eigenvalue weighted by Crippen LogP contribution is -2.32. The van der Waals surface area contributed by atoms with E-state index in [0.717, 1.165) is 6.92 Å². The van der Waals surface area contributed by atoms with E-state index in [-0.39, 0.29) is 6.61 Å². The van der Waals surface area contributed by atoms with Gasteiger partial charge in [0, 0.05) is 17.8 Å². The largest absolute Gasteiger partial charge is 0.381 e. The first-order valence-corrected chi connectivity index (χ1v) is 5.35. The second-order valence-electron chi connectivity index (χ2n) is 2.53. The van der Waals surface area contributed by atoms with Crippen molar-refractivity contribution in [1.29, 1.82) is 0 Å². The van der Waals surface area contributed by atoms with Gasteiger partial charge in [0.05, 0.1) is 6.61 Å². The average Bonchev–Trinajstić information content (AvgIpc) is 1.55. The third kappa shape index (κ3) is 6.52. The van der Waals surface area contributed by atoms with Crippen molar-refractivity contribution in [2.45, 2.75) is 12.6 Å². The molecule has 0 fully saturated rings. The van der Waals surface area contributed by atoms with E-state index >= 15 is 0 Å². The van der Waals surface area contributed by atoms with Crippen molar-refractivity contribution >= 4 is 19.7 Å². The van der Waals surface area contributed by atoms with Crippen LogP contribution in [0.1, 0.15) is 6.92 Å². The van der Waals surface area contributed by atoms with Gasteiger partial charge in [-0.15, -0.1) is 0 Å². The Labute approximate surface area is 69.9 Å². The lowest BCUT2D eigenvalue weighted by Gasteiger charge is -2.16. The molecule has 0 N–H and O–H groups in total. The standard InChI is InChI=1S/C5H10ClFO3S/c1-5(7,3-10-2)4-11(6,8)9/h3-4H2,1-2H3. The van der Waals surface area contributed by atoms with E-state index in [1.165, 1.54) is 7.11 Å². The summed E-state index contributed by atoms with van der Waals surface area (Å²) in [6.45, 7) is 0.843. The van der Waals surface area contributed by atoms with E-state index in [1.807, 2.05) is 0 Å². The molecule has 1 unspecified atom stereocenters. The normalized spacial score (nSPS) is 17.8. The predicted molar refractivity (Wildman–Crippen MR) is 41.0 cm³/mol. The van der Waals surface area contributed by atoms with Gasteiger partial charge < -0.3 is 4.74 Å². The topological polar surface area (TPSA) is 43.4 Å². The Hall–Kier alpha value is 0.130. The van der Waals surface area contributed by atoms with Gasteiger partial charge in [0.25, 0.3) is 0 Å². The third-order valence-corrected chi connectivity index (χ3v) is 2.19. The van der Waals surface area contributed by atoms with Crippen molar-refractivity contribution in [3.05, 3.63) is 0 Å². The van der Waals surface area contributed by atoms with E-state index in [4.69, 9.17) is 10.7 Å². The second kappa shape index (κ2) is 3.69. The van der Waals surface area contributed by atoms with Crippen LogP contribution in [-0.4, -0.2) is 33.6 Å². The molecular formula is C5H10ClFO3S. The highest BCUT2D eigenvalue weighted by Crippen LogP contribution is 2.15. The van der Waals surface area contributed by atoms with Gasteiger partial charge in [-0.05, 0) is 6.92 Å². The van der Waals surface area contributed by atoms with Gasteiger partial charge in [0.2, 0.25) is 9.05 Å². The van der Waals surface area contributed by atoms with Crippen molar-refractivity contribution in [2.75, 3.05) is 19.5 Å². The number of hydrogen-bond donors (Lipinski definition) is 0. The summed E-state index contributed by atoms with van der Waals surface area (Å²) >= 11 is 0. The van der Waals surface area contributed by atoms with E-state index in [9.17, 15) is 12.8 Å². The van der Waals surface area contributed by atoms with Crippen molar-refractivity contribution in [3.8, 4) is 0 Å². The van der Waals surface area contributed by atoms with Crippen LogP contribution in [0.2, 0.25) is 0 Å². The molecule has 0 rings (SSSR count). The van der Waals surface area contributed by atoms with Crippen LogP contribution >= 0.6 is 10.7 Å². The van der Waals surface area contributed by atoms with E-state index in [1.54, 1.807) is 0 Å². The molecular weight excluding hydrogens is 195 g/mol. The Morgan fingerprint density at radius 3 is 2.36 bits per heavy atom. The smallest absolute Gasteiger partial charge is 0.235 e. The first-order chi connectivity index (χ1) is 4.77. The van der Waals surface area contributed by atoms with E-state index < -0.39 is 20.5 Å². The summed E-state index contributed by atoms with van der Waals surface area (Å²) in [6, 6.07) is 0. The number of halogens is 2. The van der Waals surface area contributed by atoms with Crippen LogP contribution in [0.5, 0.6) is 0 Å². The molecule has 68 valence electrons. The van der Waals surface area contributed by atoms with E-state index in [2.05, 4.69) is 4.74 Å². The molecule has 0 aliphatic rings. The van der Waals surface area contributed by atoms with E-state index in [0.29, 0.717) is 0 Å². The first-order valence-electron chi connectivity index (χ1n) is 2.87. The summed E-state index contributed by atoms with van der Waals surface area (Å²) in [5, 5.41) is 0. The first kappa shape index (κ1) is 11.1. The fourth-order valence-corrected chi connectivity index (χ4v) is 2.19. The highest BCUT2D eigenvalue weighted by Gasteiger charge is 2.29. The molecule has 0 heterocycles. The molecule has 0 aliphatic carbocycles. The van der Waals surface area contributed by atoms with Gasteiger partial charge in [-0.1, -0.05) is 0 Å². The zero-order chi connectivity index (χ0) is 9.12. The molecule has 0 aliphatic heterocycles. The number of hydrogen-bond acceptors (Lipinski definition) is 3. The fraction of sp³-hybridized carbons (Fsp3) is 1.00. The Morgan fingerprint density at radius 2 is 2.09 bits per heavy atom. The molecule has 0 aromatic carbocycles. The van der Waals surface area contributed by atoms with Gasteiger partial charge in [0.1, 0.15) is 11.4 Å². The van der Waals surface area contributed by atoms with Crippen LogP contribution in [0.4, 0.5) is 4.39 Å². The maximum atomic E-state index is 13.0. The van der Waals surface area contributed by atoms with Crippen LogP contribution in [0, 0.1) is 0 Å². The quantitative estimate of drug-likeness (QED) is 0.640. The molecule has 0 bridgehead atoms. The van der Waals surface area contributed by atoms with Crippen molar-refractivity contribution < 1.29 is 17.5 Å². The Bertz CT molecular complexity index is 212. The Morgan fingerprint density at radius 1 is 1.64 bits per heavy atom. The van der Waals surface area contributed by atoms with Crippen molar-refractivity contribution in [3.63, 3.8) is 0 Å². The molecule has 0 spiro atoms. The molecule has 0 saturated heterocycles. The van der Waals surface area contributed by atoms with Crippen molar-refractivity contribution in [2.24, 2.45) is 0 Å². The SMILES string of the molecule is COCC(C)(F)CS(=O)(=O)Cl. The molecule has 11 heavy (non-hydrogen) atoms. The molecule has 1 atom stereocenters. The summed E-state index contributed by atoms with van der Waals surface area (Å²) in [4.78, 5) is 0. The second-order valence-corrected chi connectivity index (χ2v) is 5.31. The summed E-state index contributed by atoms with van der Waals surface area (Å²) in [5.41, 5.74) is -1.91. The molecule has 3 nitrogen and oxygen atoms in total. The zero-order valence-electron chi connectivity index (χ0n) is 6.30. The average molecular weight is 205 g/mol. The summed E-state index contributed by atoms with van der Waals surface area (Å²) in [7, 11) is 2.33.